The molecule has 0 bridgehead atoms. The summed E-state index contributed by atoms with van der Waals surface area (Å²) in [5.41, 5.74) is 1.73. The van der Waals surface area contributed by atoms with Gasteiger partial charge in [-0.2, -0.15) is 0 Å². The minimum Gasteiger partial charge on any atom is -0.454 e. The number of nitrogens with one attached hydrogen (secondary N) is 1. The van der Waals surface area contributed by atoms with Crippen LogP contribution in [0.2, 0.25) is 0 Å². The van der Waals surface area contributed by atoms with Gasteiger partial charge in [-0.1, -0.05) is 38.1 Å². The first kappa shape index (κ1) is 16.8. The lowest BCUT2D eigenvalue weighted by atomic mass is 10.0. The smallest absolute Gasteiger partial charge is 0.291 e. The molecule has 1 N–H and O–H groups in total. The Morgan fingerprint density at radius 2 is 1.84 bits per heavy atom. The Balaban J connectivity index is 1.75. The van der Waals surface area contributed by atoms with Gasteiger partial charge in [0.1, 0.15) is 5.76 Å². The fourth-order valence-corrected chi connectivity index (χ4v) is 2.64. The van der Waals surface area contributed by atoms with Crippen LogP contribution in [0.3, 0.4) is 0 Å². The van der Waals surface area contributed by atoms with Gasteiger partial charge in [-0.05, 0) is 35.7 Å². The minimum absolute atomic E-state index is 0.115. The maximum absolute atomic E-state index is 12.4. The van der Waals surface area contributed by atoms with Crippen molar-refractivity contribution in [2.75, 3.05) is 5.32 Å². The first-order valence-corrected chi connectivity index (χ1v) is 8.19. The molecule has 1 aromatic carbocycles. The van der Waals surface area contributed by atoms with E-state index >= 15 is 0 Å². The Hall–Kier alpha value is -3.08. The van der Waals surface area contributed by atoms with Crippen LogP contribution in [0.25, 0.3) is 0 Å². The molecule has 0 unspecified atom stereocenters. The van der Waals surface area contributed by atoms with Crippen molar-refractivity contribution < 1.29 is 9.21 Å². The van der Waals surface area contributed by atoms with Crippen molar-refractivity contribution in [3.8, 4) is 0 Å². The zero-order valence-corrected chi connectivity index (χ0v) is 14.2. The Morgan fingerprint density at radius 1 is 1.08 bits per heavy atom. The summed E-state index contributed by atoms with van der Waals surface area (Å²) in [5, 5.41) is 2.90. The standard InChI is InChI=1S/C20H20N2O3/c1-14(2)16-7-3-4-8-17(16)21-20(24)18-11-10-15(25-18)13-22-12-6-5-9-19(22)23/h3-12,14H,13H2,1-2H3,(H,21,24). The molecule has 0 fully saturated rings. The summed E-state index contributed by atoms with van der Waals surface area (Å²) in [4.78, 5) is 24.2. The highest BCUT2D eigenvalue weighted by molar-refractivity contribution is 6.02. The quantitative estimate of drug-likeness (QED) is 0.769. The maximum Gasteiger partial charge on any atom is 0.291 e. The number of benzene rings is 1. The largest absolute Gasteiger partial charge is 0.454 e. The van der Waals surface area contributed by atoms with Gasteiger partial charge in [0.15, 0.2) is 5.76 Å². The van der Waals surface area contributed by atoms with E-state index < -0.39 is 0 Å². The SMILES string of the molecule is CC(C)c1ccccc1NC(=O)c1ccc(Cn2ccccc2=O)o1. The molecule has 25 heavy (non-hydrogen) atoms. The van der Waals surface area contributed by atoms with E-state index in [1.165, 1.54) is 10.6 Å². The molecular formula is C20H20N2O3. The van der Waals surface area contributed by atoms with Gasteiger partial charge in [-0.3, -0.25) is 9.59 Å². The summed E-state index contributed by atoms with van der Waals surface area (Å²) in [6.07, 6.45) is 1.68. The van der Waals surface area contributed by atoms with E-state index in [1.54, 1.807) is 30.5 Å². The van der Waals surface area contributed by atoms with E-state index in [0.717, 1.165) is 11.3 Å². The van der Waals surface area contributed by atoms with Gasteiger partial charge in [0, 0.05) is 18.0 Å². The van der Waals surface area contributed by atoms with E-state index in [2.05, 4.69) is 19.2 Å². The fraction of sp³-hybridized carbons (Fsp3) is 0.200. The highest BCUT2D eigenvalue weighted by Crippen LogP contribution is 2.24. The molecule has 0 spiro atoms. The van der Waals surface area contributed by atoms with Gasteiger partial charge in [0.05, 0.1) is 6.54 Å². The molecule has 0 radical (unpaired) electrons. The van der Waals surface area contributed by atoms with Crippen molar-refractivity contribution in [3.05, 3.63) is 88.2 Å². The molecule has 3 rings (SSSR count). The molecule has 0 atom stereocenters. The highest BCUT2D eigenvalue weighted by Gasteiger charge is 2.14. The summed E-state index contributed by atoms with van der Waals surface area (Å²) in [5.74, 6) is 0.765. The topological polar surface area (TPSA) is 64.2 Å². The van der Waals surface area contributed by atoms with Crippen LogP contribution in [0, 0.1) is 0 Å². The van der Waals surface area contributed by atoms with E-state index in [4.69, 9.17) is 4.42 Å². The highest BCUT2D eigenvalue weighted by atomic mass is 16.4. The second-order valence-electron chi connectivity index (χ2n) is 6.13. The molecule has 2 aromatic heterocycles. The van der Waals surface area contributed by atoms with Crippen LogP contribution in [0.5, 0.6) is 0 Å². The molecule has 5 heteroatoms. The van der Waals surface area contributed by atoms with Crippen LogP contribution in [-0.2, 0) is 6.54 Å². The molecule has 0 aliphatic heterocycles. The van der Waals surface area contributed by atoms with Crippen molar-refractivity contribution in [2.45, 2.75) is 26.3 Å². The summed E-state index contributed by atoms with van der Waals surface area (Å²) in [7, 11) is 0. The molecular weight excluding hydrogens is 316 g/mol. The van der Waals surface area contributed by atoms with Crippen LogP contribution < -0.4 is 10.9 Å². The second kappa shape index (κ2) is 7.21. The third kappa shape index (κ3) is 3.88. The summed E-state index contributed by atoms with van der Waals surface area (Å²) >= 11 is 0. The Bertz CT molecular complexity index is 938. The lowest BCUT2D eigenvalue weighted by Gasteiger charge is -2.12. The number of rotatable bonds is 5. The number of amides is 1. The predicted molar refractivity (Wildman–Crippen MR) is 97.0 cm³/mol. The molecule has 3 aromatic rings. The molecule has 0 saturated heterocycles. The second-order valence-corrected chi connectivity index (χ2v) is 6.13. The van der Waals surface area contributed by atoms with E-state index in [0.29, 0.717) is 11.7 Å². The number of pyridine rings is 1. The number of para-hydroxylation sites is 1. The van der Waals surface area contributed by atoms with Crippen LogP contribution >= 0.6 is 0 Å². The van der Waals surface area contributed by atoms with Gasteiger partial charge >= 0.3 is 0 Å². The number of hydrogen-bond acceptors (Lipinski definition) is 3. The van der Waals surface area contributed by atoms with Crippen molar-refractivity contribution in [3.63, 3.8) is 0 Å². The molecule has 5 nitrogen and oxygen atoms in total. The number of aromatic nitrogens is 1. The average molecular weight is 336 g/mol. The third-order valence-electron chi connectivity index (χ3n) is 3.94. The first-order valence-electron chi connectivity index (χ1n) is 8.19. The number of anilines is 1. The van der Waals surface area contributed by atoms with Crippen LogP contribution in [-0.4, -0.2) is 10.5 Å². The van der Waals surface area contributed by atoms with E-state index in [9.17, 15) is 9.59 Å². The number of hydrogen-bond donors (Lipinski definition) is 1. The summed E-state index contributed by atoms with van der Waals surface area (Å²) < 4.78 is 7.13. The fourth-order valence-electron chi connectivity index (χ4n) is 2.64. The van der Waals surface area contributed by atoms with Crippen molar-refractivity contribution >= 4 is 11.6 Å². The van der Waals surface area contributed by atoms with Crippen molar-refractivity contribution in [1.29, 1.82) is 0 Å². The molecule has 128 valence electrons. The number of carbonyl (C=O) groups is 1. The maximum atomic E-state index is 12.4. The molecule has 2 heterocycles. The van der Waals surface area contributed by atoms with Crippen molar-refractivity contribution in [1.82, 2.24) is 4.57 Å². The third-order valence-corrected chi connectivity index (χ3v) is 3.94. The van der Waals surface area contributed by atoms with Crippen molar-refractivity contribution in [2.24, 2.45) is 0 Å². The average Bonchev–Trinajstić information content (AvgIpc) is 3.06. The summed E-state index contributed by atoms with van der Waals surface area (Å²) in [6, 6.07) is 16.0. The summed E-state index contributed by atoms with van der Waals surface area (Å²) in [6.45, 7) is 4.44. The van der Waals surface area contributed by atoms with E-state index in [1.807, 2.05) is 24.3 Å². The van der Waals surface area contributed by atoms with Gasteiger partial charge in [0.2, 0.25) is 0 Å². The normalized spacial score (nSPS) is 10.8. The van der Waals surface area contributed by atoms with Crippen LogP contribution in [0.15, 0.2) is 70.0 Å². The molecule has 0 aliphatic rings. The lowest BCUT2D eigenvalue weighted by Crippen LogP contribution is -2.18. The number of carbonyl (C=O) groups excluding carboxylic acids is 1. The Morgan fingerprint density at radius 3 is 2.60 bits per heavy atom. The van der Waals surface area contributed by atoms with Gasteiger partial charge < -0.3 is 14.3 Å². The number of nitrogens with zero attached hydrogens (tertiary/aromatic N) is 1. The Kier molecular flexibility index (Phi) is 4.84. The Labute approximate surface area is 145 Å². The number of furan rings is 1. The minimum atomic E-state index is -0.306. The molecule has 0 saturated carbocycles. The zero-order valence-electron chi connectivity index (χ0n) is 14.2. The molecule has 1 amide bonds. The van der Waals surface area contributed by atoms with Crippen LogP contribution in [0.1, 0.15) is 41.6 Å². The van der Waals surface area contributed by atoms with Gasteiger partial charge in [-0.15, -0.1) is 0 Å². The van der Waals surface area contributed by atoms with E-state index in [-0.39, 0.29) is 23.8 Å². The zero-order chi connectivity index (χ0) is 17.8. The molecule has 0 aliphatic carbocycles. The van der Waals surface area contributed by atoms with Gasteiger partial charge in [-0.25, -0.2) is 0 Å². The monoisotopic (exact) mass is 336 g/mol. The van der Waals surface area contributed by atoms with Crippen LogP contribution in [0.4, 0.5) is 5.69 Å². The lowest BCUT2D eigenvalue weighted by molar-refractivity contribution is 0.0994. The predicted octanol–water partition coefficient (Wildman–Crippen LogP) is 3.87. The van der Waals surface area contributed by atoms with Gasteiger partial charge in [0.25, 0.3) is 11.5 Å². The first-order chi connectivity index (χ1) is 12.0.